The number of hydrogen-bond acceptors (Lipinski definition) is 2. The van der Waals surface area contributed by atoms with Gasteiger partial charge in [0.15, 0.2) is 0 Å². The average molecular weight is 190 g/mol. The van der Waals surface area contributed by atoms with E-state index in [0.717, 1.165) is 26.1 Å². The molecule has 14 heavy (non-hydrogen) atoms. The fourth-order valence-corrected chi connectivity index (χ4v) is 2.06. The van der Waals surface area contributed by atoms with Crippen LogP contribution in [-0.2, 0) is 6.54 Å². The molecule has 76 valence electrons. The minimum absolute atomic E-state index is 0.0226. The van der Waals surface area contributed by atoms with E-state index in [2.05, 4.69) is 42.2 Å². The summed E-state index contributed by atoms with van der Waals surface area (Å²) in [5.74, 6) is 0. The first-order valence-electron chi connectivity index (χ1n) is 5.21. The molecule has 1 atom stereocenters. The van der Waals surface area contributed by atoms with Crippen molar-refractivity contribution in [3.63, 3.8) is 0 Å². The van der Waals surface area contributed by atoms with Crippen LogP contribution in [0.15, 0.2) is 30.3 Å². The molecule has 1 saturated heterocycles. The zero-order chi connectivity index (χ0) is 10.0. The highest BCUT2D eigenvalue weighted by Crippen LogP contribution is 2.19. The van der Waals surface area contributed by atoms with E-state index in [1.165, 1.54) is 5.56 Å². The van der Waals surface area contributed by atoms with Gasteiger partial charge in [-0.3, -0.25) is 4.90 Å². The van der Waals surface area contributed by atoms with E-state index in [1.54, 1.807) is 0 Å². The predicted octanol–water partition coefficient (Wildman–Crippen LogP) is 1.61. The van der Waals surface area contributed by atoms with Crippen LogP contribution in [0.25, 0.3) is 0 Å². The molecule has 0 unspecified atom stereocenters. The summed E-state index contributed by atoms with van der Waals surface area (Å²) in [5, 5.41) is 0. The van der Waals surface area contributed by atoms with E-state index in [1.807, 2.05) is 0 Å². The van der Waals surface area contributed by atoms with Crippen molar-refractivity contribution in [2.75, 3.05) is 13.1 Å². The molecule has 0 aromatic heterocycles. The molecule has 1 aliphatic heterocycles. The quantitative estimate of drug-likeness (QED) is 0.767. The van der Waals surface area contributed by atoms with Gasteiger partial charge in [0.2, 0.25) is 0 Å². The van der Waals surface area contributed by atoms with Crippen LogP contribution < -0.4 is 5.73 Å². The van der Waals surface area contributed by atoms with Gasteiger partial charge in [-0.2, -0.15) is 0 Å². The lowest BCUT2D eigenvalue weighted by atomic mass is 10.0. The van der Waals surface area contributed by atoms with Crippen LogP contribution in [0.4, 0.5) is 0 Å². The van der Waals surface area contributed by atoms with Crippen molar-refractivity contribution in [2.45, 2.75) is 25.4 Å². The number of nitrogens with two attached hydrogens (primary N) is 1. The number of benzene rings is 1. The van der Waals surface area contributed by atoms with E-state index >= 15 is 0 Å². The Bertz CT molecular complexity index is 292. The summed E-state index contributed by atoms with van der Waals surface area (Å²) in [4.78, 5) is 2.43. The number of hydrogen-bond donors (Lipinski definition) is 1. The molecule has 0 aliphatic carbocycles. The van der Waals surface area contributed by atoms with Crippen LogP contribution in [0.1, 0.15) is 18.9 Å². The zero-order valence-corrected chi connectivity index (χ0v) is 8.74. The molecule has 1 aromatic rings. The smallest absolute Gasteiger partial charge is 0.0267 e. The van der Waals surface area contributed by atoms with Crippen molar-refractivity contribution >= 4 is 0 Å². The fraction of sp³-hybridized carbons (Fsp3) is 0.500. The molecule has 0 spiro atoms. The first kappa shape index (κ1) is 9.69. The second-order valence-electron chi connectivity index (χ2n) is 4.60. The summed E-state index contributed by atoms with van der Waals surface area (Å²) >= 11 is 0. The van der Waals surface area contributed by atoms with Gasteiger partial charge >= 0.3 is 0 Å². The molecular formula is C12H18N2. The van der Waals surface area contributed by atoms with Gasteiger partial charge in [-0.1, -0.05) is 30.3 Å². The van der Waals surface area contributed by atoms with Gasteiger partial charge in [-0.15, -0.1) is 0 Å². The van der Waals surface area contributed by atoms with Gasteiger partial charge in [-0.25, -0.2) is 0 Å². The van der Waals surface area contributed by atoms with Crippen LogP contribution in [-0.4, -0.2) is 23.5 Å². The maximum Gasteiger partial charge on any atom is 0.0267 e. The third kappa shape index (κ3) is 2.34. The average Bonchev–Trinajstić information content (AvgIpc) is 2.47. The summed E-state index contributed by atoms with van der Waals surface area (Å²) in [7, 11) is 0. The molecule has 0 amide bonds. The Kier molecular flexibility index (Phi) is 2.57. The van der Waals surface area contributed by atoms with Gasteiger partial charge < -0.3 is 5.73 Å². The molecule has 2 heteroatoms. The molecule has 2 N–H and O–H groups in total. The lowest BCUT2D eigenvalue weighted by Gasteiger charge is -2.19. The van der Waals surface area contributed by atoms with Crippen molar-refractivity contribution in [1.82, 2.24) is 4.90 Å². The lowest BCUT2D eigenvalue weighted by Crippen LogP contribution is -2.38. The van der Waals surface area contributed by atoms with Crippen LogP contribution >= 0.6 is 0 Å². The van der Waals surface area contributed by atoms with Gasteiger partial charge in [0.25, 0.3) is 0 Å². The standard InChI is InChI=1S/C12H18N2/c1-12(13)7-8-14(10-12)9-11-5-3-2-4-6-11/h2-6H,7-10,13H2,1H3/t12-/m1/s1. The monoisotopic (exact) mass is 190 g/mol. The molecule has 1 aromatic carbocycles. The minimum Gasteiger partial charge on any atom is -0.324 e. The summed E-state index contributed by atoms with van der Waals surface area (Å²) in [6.07, 6.45) is 1.11. The Morgan fingerprint density at radius 1 is 1.36 bits per heavy atom. The van der Waals surface area contributed by atoms with E-state index in [-0.39, 0.29) is 5.54 Å². The third-order valence-corrected chi connectivity index (χ3v) is 2.83. The summed E-state index contributed by atoms with van der Waals surface area (Å²) in [5.41, 5.74) is 7.48. The topological polar surface area (TPSA) is 29.3 Å². The highest BCUT2D eigenvalue weighted by molar-refractivity contribution is 5.14. The maximum atomic E-state index is 6.08. The highest BCUT2D eigenvalue weighted by Gasteiger charge is 2.29. The van der Waals surface area contributed by atoms with Gasteiger partial charge in [0.1, 0.15) is 0 Å². The fourth-order valence-electron chi connectivity index (χ4n) is 2.06. The second kappa shape index (κ2) is 3.71. The molecule has 1 fully saturated rings. The molecule has 0 bridgehead atoms. The molecule has 0 radical (unpaired) electrons. The van der Waals surface area contributed by atoms with Crippen LogP contribution in [0.3, 0.4) is 0 Å². The minimum atomic E-state index is 0.0226. The van der Waals surface area contributed by atoms with Crippen molar-refractivity contribution in [2.24, 2.45) is 5.73 Å². The van der Waals surface area contributed by atoms with Crippen LogP contribution in [0, 0.1) is 0 Å². The summed E-state index contributed by atoms with van der Waals surface area (Å²) in [6.45, 7) is 5.31. The third-order valence-electron chi connectivity index (χ3n) is 2.83. The molecular weight excluding hydrogens is 172 g/mol. The highest BCUT2D eigenvalue weighted by atomic mass is 15.2. The van der Waals surface area contributed by atoms with E-state index in [4.69, 9.17) is 5.73 Å². The van der Waals surface area contributed by atoms with E-state index in [0.29, 0.717) is 0 Å². The Morgan fingerprint density at radius 3 is 2.64 bits per heavy atom. The number of nitrogens with zero attached hydrogens (tertiary/aromatic N) is 1. The van der Waals surface area contributed by atoms with Crippen molar-refractivity contribution in [3.05, 3.63) is 35.9 Å². The van der Waals surface area contributed by atoms with Crippen molar-refractivity contribution in [1.29, 1.82) is 0 Å². The molecule has 2 nitrogen and oxygen atoms in total. The lowest BCUT2D eigenvalue weighted by molar-refractivity contribution is 0.310. The Hall–Kier alpha value is -0.860. The number of rotatable bonds is 2. The molecule has 1 aliphatic rings. The molecule has 1 heterocycles. The van der Waals surface area contributed by atoms with E-state index < -0.39 is 0 Å². The second-order valence-corrected chi connectivity index (χ2v) is 4.60. The van der Waals surface area contributed by atoms with Crippen LogP contribution in [0.5, 0.6) is 0 Å². The predicted molar refractivity (Wildman–Crippen MR) is 58.9 cm³/mol. The summed E-state index contributed by atoms with van der Waals surface area (Å²) < 4.78 is 0. The SMILES string of the molecule is C[C@@]1(N)CCN(Cc2ccccc2)C1. The normalized spacial score (nSPS) is 28.1. The van der Waals surface area contributed by atoms with Crippen LogP contribution in [0.2, 0.25) is 0 Å². The largest absolute Gasteiger partial charge is 0.324 e. The van der Waals surface area contributed by atoms with Crippen molar-refractivity contribution in [3.8, 4) is 0 Å². The Morgan fingerprint density at radius 2 is 2.07 bits per heavy atom. The van der Waals surface area contributed by atoms with Gasteiger partial charge in [-0.05, 0) is 18.9 Å². The molecule has 2 rings (SSSR count). The Labute approximate surface area is 85.7 Å². The summed E-state index contributed by atoms with van der Waals surface area (Å²) in [6, 6.07) is 10.6. The Balaban J connectivity index is 1.94. The zero-order valence-electron chi connectivity index (χ0n) is 8.74. The van der Waals surface area contributed by atoms with E-state index in [9.17, 15) is 0 Å². The maximum absolute atomic E-state index is 6.08. The first-order chi connectivity index (χ1) is 6.66. The molecule has 0 saturated carbocycles. The first-order valence-corrected chi connectivity index (χ1v) is 5.21. The van der Waals surface area contributed by atoms with Gasteiger partial charge in [0, 0.05) is 25.2 Å². The number of likely N-dealkylation sites (tertiary alicyclic amines) is 1. The van der Waals surface area contributed by atoms with Gasteiger partial charge in [0.05, 0.1) is 0 Å². The van der Waals surface area contributed by atoms with Crippen molar-refractivity contribution < 1.29 is 0 Å².